The molecule has 4 atom stereocenters. The normalized spacial score (nSPS) is 17.3. The van der Waals surface area contributed by atoms with Crippen LogP contribution < -0.4 is 43.0 Å². The van der Waals surface area contributed by atoms with E-state index in [4.69, 9.17) is 9.47 Å². The molecule has 0 aliphatic heterocycles. The van der Waals surface area contributed by atoms with Gasteiger partial charge in [-0.05, 0) is 87.1 Å². The molecule has 6 N–H and O–H groups in total. The first-order chi connectivity index (χ1) is 35.0. The second kappa shape index (κ2) is 21.2. The number of carbonyl (C=O) groups excluding carboxylic acids is 2. The molecule has 2 saturated carbocycles. The molecule has 22 nitrogen and oxygen atoms in total. The third-order valence-electron chi connectivity index (χ3n) is 12.4. The highest BCUT2D eigenvalue weighted by Crippen LogP contribution is 2.26. The van der Waals surface area contributed by atoms with E-state index >= 15 is 0 Å². The Morgan fingerprint density at radius 3 is 1.43 bits per heavy atom. The highest BCUT2D eigenvalue weighted by molar-refractivity contribution is 6.01. The molecule has 0 unspecified atom stereocenters. The maximum atomic E-state index is 14.2. The van der Waals surface area contributed by atoms with Gasteiger partial charge in [0, 0.05) is 77.3 Å². The summed E-state index contributed by atoms with van der Waals surface area (Å²) in [6.07, 6.45) is 13.8. The fourth-order valence-electron chi connectivity index (χ4n) is 8.72. The van der Waals surface area contributed by atoms with E-state index in [1.807, 2.05) is 0 Å². The van der Waals surface area contributed by atoms with Crippen LogP contribution in [0.15, 0.2) is 107 Å². The van der Waals surface area contributed by atoms with Crippen LogP contribution in [0.3, 0.4) is 0 Å². The zero-order valence-corrected chi connectivity index (χ0v) is 39.5. The predicted octanol–water partition coefficient (Wildman–Crippen LogP) is 4.99. The molecular formula is C48H50F2N16O6. The number of fused-ring (bicyclic) bond motifs is 2. The molecular weight excluding hydrogens is 935 g/mol. The highest BCUT2D eigenvalue weighted by atomic mass is 19.1. The minimum Gasteiger partial charge on any atom is -0.381 e. The number of amides is 2. The Kier molecular flexibility index (Phi) is 14.2. The maximum Gasteiger partial charge on any atom is 0.280 e. The molecule has 2 aliphatic rings. The van der Waals surface area contributed by atoms with E-state index in [1.54, 1.807) is 64.7 Å². The van der Waals surface area contributed by atoms with Crippen molar-refractivity contribution < 1.29 is 27.8 Å². The van der Waals surface area contributed by atoms with Crippen molar-refractivity contribution in [2.45, 2.75) is 62.8 Å². The van der Waals surface area contributed by atoms with Crippen LogP contribution in [0.5, 0.6) is 0 Å². The number of hydrogen-bond acceptors (Lipinski definition) is 16. The number of pyridine rings is 4. The molecule has 0 aromatic carbocycles. The predicted molar refractivity (Wildman–Crippen MR) is 263 cm³/mol. The van der Waals surface area contributed by atoms with Crippen LogP contribution in [-0.4, -0.2) is 113 Å². The number of nitrogens with one attached hydrogen (secondary N) is 6. The minimum atomic E-state index is -0.622. The number of ether oxygens (including phenoxy) is 2. The van der Waals surface area contributed by atoms with Crippen LogP contribution in [0.2, 0.25) is 0 Å². The Balaban J connectivity index is 0.000000178. The van der Waals surface area contributed by atoms with Gasteiger partial charge in [0.15, 0.2) is 34.6 Å². The van der Waals surface area contributed by atoms with Gasteiger partial charge in [0.2, 0.25) is 0 Å². The van der Waals surface area contributed by atoms with Gasteiger partial charge in [0.05, 0.1) is 24.6 Å². The molecule has 10 rings (SSSR count). The van der Waals surface area contributed by atoms with Crippen molar-refractivity contribution in [3.05, 3.63) is 141 Å². The molecule has 0 spiro atoms. The Labute approximate surface area is 408 Å². The topological polar surface area (TPSA) is 255 Å². The lowest BCUT2D eigenvalue weighted by atomic mass is 10.2. The molecule has 72 heavy (non-hydrogen) atoms. The van der Waals surface area contributed by atoms with Crippen molar-refractivity contribution in [3.8, 4) is 11.6 Å². The minimum absolute atomic E-state index is 0.0113. The van der Waals surface area contributed by atoms with Crippen molar-refractivity contribution in [2.24, 2.45) is 0 Å². The summed E-state index contributed by atoms with van der Waals surface area (Å²) in [7, 11) is 6.77. The number of rotatable bonds is 14. The SMILES string of the molecule is CNc1cc(Nc2cccn(-c3ncccc3F)c2=O)nc2c(C(=O)N[C@@H]3CC[C@@H](OC)C3)cnn12.CNc1cc(Nc2cccn(-c3ncccc3F)c2=O)nc2c(C(=O)N[C@H]3CC[C@H](OC)C3)cnn12. The van der Waals surface area contributed by atoms with Crippen molar-refractivity contribution in [3.63, 3.8) is 0 Å². The first-order valence-corrected chi connectivity index (χ1v) is 23.0. The second-order valence-corrected chi connectivity index (χ2v) is 16.9. The quantitative estimate of drug-likeness (QED) is 0.0839. The smallest absolute Gasteiger partial charge is 0.280 e. The Morgan fingerprint density at radius 2 is 1.06 bits per heavy atom. The summed E-state index contributed by atoms with van der Waals surface area (Å²) in [4.78, 5) is 69.3. The summed E-state index contributed by atoms with van der Waals surface area (Å²) in [6, 6.07) is 15.0. The van der Waals surface area contributed by atoms with E-state index in [1.165, 1.54) is 70.5 Å². The van der Waals surface area contributed by atoms with Gasteiger partial charge < -0.3 is 41.4 Å². The van der Waals surface area contributed by atoms with Crippen molar-refractivity contribution in [1.82, 2.24) is 58.9 Å². The summed E-state index contributed by atoms with van der Waals surface area (Å²) in [5, 5.41) is 26.7. The first-order valence-electron chi connectivity index (χ1n) is 23.0. The lowest BCUT2D eigenvalue weighted by Gasteiger charge is -2.13. The third-order valence-corrected chi connectivity index (χ3v) is 12.4. The van der Waals surface area contributed by atoms with Crippen LogP contribution in [0.4, 0.5) is 43.4 Å². The molecule has 0 saturated heterocycles. The number of aromatic nitrogens is 10. The van der Waals surface area contributed by atoms with E-state index in [0.29, 0.717) is 45.7 Å². The highest BCUT2D eigenvalue weighted by Gasteiger charge is 2.29. The number of carbonyl (C=O) groups is 2. The molecule has 2 fully saturated rings. The van der Waals surface area contributed by atoms with Crippen LogP contribution >= 0.6 is 0 Å². The largest absolute Gasteiger partial charge is 0.381 e. The molecule has 8 heterocycles. The van der Waals surface area contributed by atoms with E-state index in [2.05, 4.69) is 62.0 Å². The van der Waals surface area contributed by atoms with Crippen molar-refractivity contribution in [2.75, 3.05) is 49.6 Å². The lowest BCUT2D eigenvalue weighted by molar-refractivity contribution is 0.0906. The average Bonchev–Trinajstić information content (AvgIpc) is 4.23. The monoisotopic (exact) mass is 984 g/mol. The van der Waals surface area contributed by atoms with E-state index in [-0.39, 0.29) is 59.1 Å². The number of hydrogen-bond donors (Lipinski definition) is 6. The number of methoxy groups -OCH3 is 2. The van der Waals surface area contributed by atoms with Crippen LogP contribution in [0.25, 0.3) is 22.9 Å². The van der Waals surface area contributed by atoms with Crippen LogP contribution in [-0.2, 0) is 9.47 Å². The molecule has 8 aromatic heterocycles. The van der Waals surface area contributed by atoms with Crippen LogP contribution in [0, 0.1) is 11.6 Å². The molecule has 2 aliphatic carbocycles. The zero-order chi connectivity index (χ0) is 50.5. The summed E-state index contributed by atoms with van der Waals surface area (Å²) >= 11 is 0. The van der Waals surface area contributed by atoms with Gasteiger partial charge in [0.1, 0.15) is 45.8 Å². The Morgan fingerprint density at radius 1 is 0.625 bits per heavy atom. The lowest BCUT2D eigenvalue weighted by Crippen LogP contribution is -2.33. The van der Waals surface area contributed by atoms with Gasteiger partial charge >= 0.3 is 0 Å². The van der Waals surface area contributed by atoms with Gasteiger partial charge in [-0.1, -0.05) is 0 Å². The number of nitrogens with zero attached hydrogens (tertiary/aromatic N) is 10. The Bertz CT molecular complexity index is 3190. The summed E-state index contributed by atoms with van der Waals surface area (Å²) < 4.78 is 44.5. The third kappa shape index (κ3) is 10.0. The molecule has 2 amide bonds. The maximum absolute atomic E-state index is 14.2. The van der Waals surface area contributed by atoms with E-state index in [0.717, 1.165) is 47.7 Å². The Hall–Kier alpha value is -8.64. The average molecular weight is 985 g/mol. The number of halogens is 2. The van der Waals surface area contributed by atoms with Crippen molar-refractivity contribution >= 4 is 57.8 Å². The fourth-order valence-corrected chi connectivity index (χ4v) is 8.72. The van der Waals surface area contributed by atoms with Gasteiger partial charge in [-0.25, -0.2) is 28.7 Å². The molecule has 372 valence electrons. The van der Waals surface area contributed by atoms with E-state index < -0.39 is 22.8 Å². The number of anilines is 6. The molecule has 0 bridgehead atoms. The standard InChI is InChI=1S/2C24H25FN8O3/c2*1-26-20-12-19(30-18-6-4-10-32(24(18)35)22-17(25)5-3-9-27-22)31-21-16(13-28-33(20)21)23(34)29-14-7-8-15(11-14)36-2/h2*3-6,9-10,12-15,26H,7-8,11H2,1-2H3,(H,29,34)(H,30,31)/t2*14-,15-/m10/s1. The van der Waals surface area contributed by atoms with Crippen LogP contribution in [0.1, 0.15) is 59.2 Å². The van der Waals surface area contributed by atoms with Gasteiger partial charge in [-0.2, -0.15) is 19.2 Å². The summed E-state index contributed by atoms with van der Waals surface area (Å²) in [5.74, 6) is -0.326. The van der Waals surface area contributed by atoms with Gasteiger partial charge in [0.25, 0.3) is 22.9 Å². The fraction of sp³-hybridized carbons (Fsp3) is 0.292. The molecule has 0 radical (unpaired) electrons. The second-order valence-electron chi connectivity index (χ2n) is 16.9. The summed E-state index contributed by atoms with van der Waals surface area (Å²) in [5.41, 5.74) is 0.526. The molecule has 24 heteroatoms. The summed E-state index contributed by atoms with van der Waals surface area (Å²) in [6.45, 7) is 0. The molecule has 8 aromatic rings. The van der Waals surface area contributed by atoms with Crippen molar-refractivity contribution in [1.29, 1.82) is 0 Å². The first kappa shape index (κ1) is 48.4. The van der Waals surface area contributed by atoms with Gasteiger partial charge in [-0.3, -0.25) is 28.3 Å². The van der Waals surface area contributed by atoms with E-state index in [9.17, 15) is 28.0 Å². The van der Waals surface area contributed by atoms with Gasteiger partial charge in [-0.15, -0.1) is 0 Å². The zero-order valence-electron chi connectivity index (χ0n) is 39.5.